The maximum absolute atomic E-state index is 6.73. The molecule has 33 heavy (non-hydrogen) atoms. The smallest absolute Gasteiger partial charge is 0.156 e. The molecule has 1 saturated heterocycles. The molecule has 3 aromatic rings. The summed E-state index contributed by atoms with van der Waals surface area (Å²) in [6.07, 6.45) is 2.14. The summed E-state index contributed by atoms with van der Waals surface area (Å²) in [4.78, 5) is 16.5. The number of H-pyrrole nitrogens is 1. The highest BCUT2D eigenvalue weighted by atomic mass is 32.2. The number of rotatable bonds is 8. The summed E-state index contributed by atoms with van der Waals surface area (Å²) >= 11 is 3.67. The Morgan fingerprint density at radius 3 is 2.91 bits per heavy atom. The lowest BCUT2D eigenvalue weighted by molar-refractivity contribution is -0.0264. The van der Waals surface area contributed by atoms with Crippen molar-refractivity contribution in [2.45, 2.75) is 29.9 Å². The Morgan fingerprint density at radius 2 is 2.09 bits per heavy atom. The van der Waals surface area contributed by atoms with E-state index in [0.717, 1.165) is 78.1 Å². The maximum atomic E-state index is 6.73. The fourth-order valence-electron chi connectivity index (χ4n) is 4.25. The third-order valence-electron chi connectivity index (χ3n) is 6.04. The number of hydrogen-bond donors (Lipinski definition) is 2. The second kappa shape index (κ2) is 11.0. The van der Waals surface area contributed by atoms with Crippen LogP contribution in [0.25, 0.3) is 11.0 Å². The molecular formula is C25H31N5OS2. The lowest BCUT2D eigenvalue weighted by Crippen LogP contribution is -2.35. The molecule has 2 aromatic carbocycles. The van der Waals surface area contributed by atoms with Crippen molar-refractivity contribution in [3.05, 3.63) is 59.9 Å². The minimum absolute atomic E-state index is 0.200. The van der Waals surface area contributed by atoms with Gasteiger partial charge in [-0.15, -0.1) is 11.8 Å². The molecule has 0 bridgehead atoms. The van der Waals surface area contributed by atoms with Crippen LogP contribution >= 0.6 is 23.5 Å². The number of aromatic amines is 1. The molecular weight excluding hydrogens is 450 g/mol. The summed E-state index contributed by atoms with van der Waals surface area (Å²) in [6, 6.07) is 16.9. The van der Waals surface area contributed by atoms with Crippen molar-refractivity contribution in [1.82, 2.24) is 20.2 Å². The quantitative estimate of drug-likeness (QED) is 0.364. The van der Waals surface area contributed by atoms with Crippen molar-refractivity contribution in [2.24, 2.45) is 4.99 Å². The molecule has 8 heteroatoms. The van der Waals surface area contributed by atoms with Crippen molar-refractivity contribution in [1.29, 1.82) is 0 Å². The number of fused-ring (bicyclic) bond motifs is 1. The van der Waals surface area contributed by atoms with Gasteiger partial charge in [-0.05, 0) is 49.7 Å². The Labute approximate surface area is 204 Å². The third-order valence-corrected chi connectivity index (χ3v) is 7.97. The van der Waals surface area contributed by atoms with E-state index in [2.05, 4.69) is 57.6 Å². The molecule has 2 N–H and O–H groups in total. The van der Waals surface area contributed by atoms with Crippen LogP contribution in [0.2, 0.25) is 0 Å². The van der Waals surface area contributed by atoms with E-state index in [1.807, 2.05) is 41.7 Å². The molecule has 0 radical (unpaired) electrons. The van der Waals surface area contributed by atoms with Gasteiger partial charge in [-0.3, -0.25) is 4.99 Å². The summed E-state index contributed by atoms with van der Waals surface area (Å²) < 4.78 is 6.73. The summed E-state index contributed by atoms with van der Waals surface area (Å²) in [5.74, 6) is 2.97. The second-order valence-electron chi connectivity index (χ2n) is 8.54. The van der Waals surface area contributed by atoms with Crippen LogP contribution in [0.5, 0.6) is 0 Å². The van der Waals surface area contributed by atoms with Crippen molar-refractivity contribution in [2.75, 3.05) is 44.7 Å². The van der Waals surface area contributed by atoms with Gasteiger partial charge in [0.05, 0.1) is 23.7 Å². The topological polar surface area (TPSA) is 65.5 Å². The highest BCUT2D eigenvalue weighted by Gasteiger charge is 2.26. The Morgan fingerprint density at radius 1 is 1.21 bits per heavy atom. The third kappa shape index (κ3) is 5.93. The van der Waals surface area contributed by atoms with E-state index in [4.69, 9.17) is 9.72 Å². The molecule has 1 atom stereocenters. The number of nitrogens with zero attached hydrogens (tertiary/aromatic N) is 3. The number of piperidine rings is 1. The fraction of sp³-hybridized carbons (Fsp3) is 0.440. The van der Waals surface area contributed by atoms with Crippen LogP contribution in [-0.2, 0) is 4.74 Å². The van der Waals surface area contributed by atoms with Gasteiger partial charge in [0.2, 0.25) is 0 Å². The number of ether oxygens (including phenoxy) is 1. The SMILES string of the molecule is CN1CCC(OC(c2cccc(SCCNC3=NCCS3)c2)c2nc3ccccc3[nH]2)CC1. The van der Waals surface area contributed by atoms with E-state index in [0.29, 0.717) is 0 Å². The van der Waals surface area contributed by atoms with Crippen molar-refractivity contribution in [3.8, 4) is 0 Å². The van der Waals surface area contributed by atoms with Crippen LogP contribution < -0.4 is 5.32 Å². The van der Waals surface area contributed by atoms with E-state index in [1.165, 1.54) is 4.90 Å². The summed E-state index contributed by atoms with van der Waals surface area (Å²) in [5.41, 5.74) is 3.18. The lowest BCUT2D eigenvalue weighted by Gasteiger charge is -2.31. The van der Waals surface area contributed by atoms with Gasteiger partial charge in [0.1, 0.15) is 11.9 Å². The van der Waals surface area contributed by atoms with E-state index < -0.39 is 0 Å². The van der Waals surface area contributed by atoms with Gasteiger partial charge in [0.15, 0.2) is 5.17 Å². The molecule has 1 aromatic heterocycles. The molecule has 0 aliphatic carbocycles. The Balaban J connectivity index is 1.32. The lowest BCUT2D eigenvalue weighted by atomic mass is 10.1. The van der Waals surface area contributed by atoms with Crippen LogP contribution in [0.3, 0.4) is 0 Å². The minimum Gasteiger partial charge on any atom is -0.364 e. The first-order valence-electron chi connectivity index (χ1n) is 11.7. The highest BCUT2D eigenvalue weighted by molar-refractivity contribution is 8.14. The molecule has 6 nitrogen and oxygen atoms in total. The molecule has 0 saturated carbocycles. The van der Waals surface area contributed by atoms with Crippen LogP contribution in [0.15, 0.2) is 58.4 Å². The average molecular weight is 482 g/mol. The Hall–Kier alpha value is -2.00. The minimum atomic E-state index is -0.200. The van der Waals surface area contributed by atoms with Crippen molar-refractivity contribution in [3.63, 3.8) is 0 Å². The zero-order valence-corrected chi connectivity index (χ0v) is 20.6. The second-order valence-corrected chi connectivity index (χ2v) is 10.8. The number of nitrogens with one attached hydrogen (secondary N) is 2. The molecule has 1 fully saturated rings. The van der Waals surface area contributed by atoms with Crippen molar-refractivity contribution < 1.29 is 4.74 Å². The fourth-order valence-corrected chi connectivity index (χ4v) is 5.84. The molecule has 174 valence electrons. The summed E-state index contributed by atoms with van der Waals surface area (Å²) in [6.45, 7) is 4.00. The monoisotopic (exact) mass is 481 g/mol. The predicted octanol–water partition coefficient (Wildman–Crippen LogP) is 4.55. The number of thioether (sulfide) groups is 2. The van der Waals surface area contributed by atoms with Crippen LogP contribution in [0.4, 0.5) is 0 Å². The normalized spacial score (nSPS) is 18.5. The van der Waals surface area contributed by atoms with Gasteiger partial charge >= 0.3 is 0 Å². The van der Waals surface area contributed by atoms with Crippen LogP contribution in [-0.4, -0.2) is 70.9 Å². The van der Waals surface area contributed by atoms with Crippen LogP contribution in [0, 0.1) is 0 Å². The first-order chi connectivity index (χ1) is 16.2. The van der Waals surface area contributed by atoms with Crippen LogP contribution in [0.1, 0.15) is 30.3 Å². The predicted molar refractivity (Wildman–Crippen MR) is 139 cm³/mol. The molecule has 0 spiro atoms. The number of aromatic nitrogens is 2. The van der Waals surface area contributed by atoms with E-state index >= 15 is 0 Å². The Bertz CT molecular complexity index is 1060. The van der Waals surface area contributed by atoms with Gasteiger partial charge < -0.3 is 19.9 Å². The first kappa shape index (κ1) is 22.8. The van der Waals surface area contributed by atoms with Crippen molar-refractivity contribution >= 4 is 39.7 Å². The molecule has 3 heterocycles. The van der Waals surface area contributed by atoms with Gasteiger partial charge in [0, 0.05) is 36.0 Å². The first-order valence-corrected chi connectivity index (χ1v) is 13.6. The van der Waals surface area contributed by atoms with Gasteiger partial charge in [-0.2, -0.15) is 0 Å². The number of hydrogen-bond acceptors (Lipinski definition) is 7. The molecule has 0 amide bonds. The number of para-hydroxylation sites is 2. The number of likely N-dealkylation sites (tertiary alicyclic amines) is 1. The number of imidazole rings is 1. The average Bonchev–Trinajstić information content (AvgIpc) is 3.51. The summed E-state index contributed by atoms with van der Waals surface area (Å²) in [5, 5.41) is 4.52. The van der Waals surface area contributed by atoms with Gasteiger partial charge in [-0.1, -0.05) is 36.0 Å². The van der Waals surface area contributed by atoms with Gasteiger partial charge in [0.25, 0.3) is 0 Å². The molecule has 5 rings (SSSR count). The molecule has 2 aliphatic rings. The summed E-state index contributed by atoms with van der Waals surface area (Å²) in [7, 11) is 2.18. The number of benzene rings is 2. The molecule has 2 aliphatic heterocycles. The van der Waals surface area contributed by atoms with E-state index in [1.54, 1.807) is 0 Å². The highest BCUT2D eigenvalue weighted by Crippen LogP contribution is 2.32. The maximum Gasteiger partial charge on any atom is 0.156 e. The van der Waals surface area contributed by atoms with Gasteiger partial charge in [-0.25, -0.2) is 4.98 Å². The largest absolute Gasteiger partial charge is 0.364 e. The van der Waals surface area contributed by atoms with E-state index in [9.17, 15) is 0 Å². The zero-order chi connectivity index (χ0) is 22.5. The number of amidine groups is 1. The molecule has 1 unspecified atom stereocenters. The van der Waals surface area contributed by atoms with E-state index in [-0.39, 0.29) is 12.2 Å². The standard InChI is InChI=1S/C25H31N5OS2/c1-30-13-9-19(10-14-30)31-23(24-28-21-7-2-3-8-22(21)29-24)18-5-4-6-20(17-18)32-15-11-26-25-27-12-16-33-25/h2-8,17,19,23H,9-16H2,1H3,(H,26,27)(H,28,29). The zero-order valence-electron chi connectivity index (χ0n) is 19.0. The number of aliphatic imine (C=N–C) groups is 1. The Kier molecular flexibility index (Phi) is 7.56.